The molecule has 0 saturated heterocycles. The number of hydrogen-bond donors (Lipinski definition) is 2. The van der Waals surface area contributed by atoms with Crippen LogP contribution >= 0.6 is 0 Å². The summed E-state index contributed by atoms with van der Waals surface area (Å²) in [5.74, 6) is -0.212. The summed E-state index contributed by atoms with van der Waals surface area (Å²) < 4.78 is 12.1. The second-order valence-corrected chi connectivity index (χ2v) is 9.48. The van der Waals surface area contributed by atoms with Gasteiger partial charge in [-0.15, -0.1) is 0 Å². The third-order valence-electron chi connectivity index (χ3n) is 6.58. The summed E-state index contributed by atoms with van der Waals surface area (Å²) in [6.07, 6.45) is 4.78. The van der Waals surface area contributed by atoms with Crippen molar-refractivity contribution in [2.75, 3.05) is 0 Å². The van der Waals surface area contributed by atoms with Crippen LogP contribution in [0, 0.1) is 0 Å². The number of carboxylic acids is 1. The summed E-state index contributed by atoms with van der Waals surface area (Å²) >= 11 is 0. The van der Waals surface area contributed by atoms with Crippen molar-refractivity contribution < 1.29 is 24.2 Å². The van der Waals surface area contributed by atoms with E-state index in [2.05, 4.69) is 5.32 Å². The Balaban J connectivity index is 1.37. The van der Waals surface area contributed by atoms with E-state index < -0.39 is 23.7 Å². The third-order valence-corrected chi connectivity index (χ3v) is 6.58. The van der Waals surface area contributed by atoms with E-state index in [-0.39, 0.29) is 12.8 Å². The molecule has 0 radical (unpaired) electrons. The molecule has 0 heterocycles. The number of aliphatic carboxylic acids is 1. The van der Waals surface area contributed by atoms with Gasteiger partial charge in [-0.2, -0.15) is 0 Å². The molecule has 0 aromatic heterocycles. The Morgan fingerprint density at radius 2 is 1.40 bits per heavy atom. The highest BCUT2D eigenvalue weighted by Gasteiger charge is 2.37. The van der Waals surface area contributed by atoms with Gasteiger partial charge < -0.3 is 19.9 Å². The molecule has 4 aromatic carbocycles. The number of carboxylic acid groups (broad SMARTS) is 1. The Morgan fingerprint density at radius 1 is 0.800 bits per heavy atom. The number of carbonyl (C=O) groups excluding carboxylic acids is 1. The molecular weight excluding hydrogens is 502 g/mol. The molecule has 1 amide bonds. The van der Waals surface area contributed by atoms with Crippen molar-refractivity contribution in [1.29, 1.82) is 0 Å². The van der Waals surface area contributed by atoms with Gasteiger partial charge in [0.05, 0.1) is 0 Å². The zero-order valence-electron chi connectivity index (χ0n) is 21.8. The Kier molecular flexibility index (Phi) is 8.18. The number of benzene rings is 4. The van der Waals surface area contributed by atoms with Gasteiger partial charge in [0.1, 0.15) is 11.5 Å². The minimum Gasteiger partial charge on any atom is -0.479 e. The Hall–Kier alpha value is -4.94. The highest BCUT2D eigenvalue weighted by atomic mass is 16.5. The van der Waals surface area contributed by atoms with E-state index in [1.165, 1.54) is 0 Å². The van der Waals surface area contributed by atoms with Crippen LogP contribution in [0.25, 0.3) is 5.57 Å². The number of carbonyl (C=O) groups is 2. The molecule has 6 nitrogen and oxygen atoms in total. The van der Waals surface area contributed by atoms with Crippen molar-refractivity contribution in [3.8, 4) is 11.5 Å². The number of allylic oxidation sites excluding steroid dienone is 2. The molecule has 0 saturated carbocycles. The lowest BCUT2D eigenvalue weighted by Crippen LogP contribution is -2.53. The predicted molar refractivity (Wildman–Crippen MR) is 154 cm³/mol. The van der Waals surface area contributed by atoms with E-state index in [1.54, 1.807) is 30.3 Å². The van der Waals surface area contributed by atoms with Crippen LogP contribution in [0.5, 0.6) is 11.5 Å². The maximum absolute atomic E-state index is 13.4. The van der Waals surface area contributed by atoms with Crippen LogP contribution in [0.3, 0.4) is 0 Å². The average molecular weight is 532 g/mol. The fraction of sp³-hybridized carbons (Fsp3) is 0.118. The van der Waals surface area contributed by atoms with E-state index in [1.807, 2.05) is 103 Å². The first kappa shape index (κ1) is 26.7. The number of nitrogens with one attached hydrogen (secondary N) is 1. The van der Waals surface area contributed by atoms with Crippen molar-refractivity contribution in [3.05, 3.63) is 150 Å². The molecule has 6 heteroatoms. The molecule has 1 aliphatic rings. The minimum atomic E-state index is -1.35. The Labute approximate surface area is 233 Å². The quantitative estimate of drug-likeness (QED) is 0.224. The fourth-order valence-electron chi connectivity index (χ4n) is 4.50. The van der Waals surface area contributed by atoms with Crippen LogP contribution in [-0.4, -0.2) is 28.8 Å². The lowest BCUT2D eigenvalue weighted by Gasteiger charge is -2.36. The van der Waals surface area contributed by atoms with Gasteiger partial charge in [0.15, 0.2) is 11.8 Å². The largest absolute Gasteiger partial charge is 0.479 e. The lowest BCUT2D eigenvalue weighted by molar-refractivity contribution is -0.161. The summed E-state index contributed by atoms with van der Waals surface area (Å²) in [5.41, 5.74) is 1.85. The standard InChI is InChI=1S/C34H29NO5/c36-32(28-16-18-30(19-17-28)39-29-14-8-3-9-15-29)35-34(22-20-27(21-23-34)26-12-6-2-7-13-26)40-31(33(37)38)24-25-10-4-1-5-11-25/h1-22,31H,23-24H2,(H,35,36)(H,37,38). The number of amides is 1. The van der Waals surface area contributed by atoms with Crippen molar-refractivity contribution in [3.63, 3.8) is 0 Å². The van der Waals surface area contributed by atoms with Gasteiger partial charge >= 0.3 is 5.97 Å². The van der Waals surface area contributed by atoms with Gasteiger partial charge in [-0.25, -0.2) is 4.79 Å². The summed E-state index contributed by atoms with van der Waals surface area (Å²) in [5, 5.41) is 13.0. The summed E-state index contributed by atoms with van der Waals surface area (Å²) in [6.45, 7) is 0. The highest BCUT2D eigenvalue weighted by molar-refractivity contribution is 5.95. The SMILES string of the molecule is O=C(NC1(OC(Cc2ccccc2)C(=O)O)C=CC(c2ccccc2)=CC1)c1ccc(Oc2ccccc2)cc1. The van der Waals surface area contributed by atoms with E-state index in [0.717, 1.165) is 16.7 Å². The van der Waals surface area contributed by atoms with E-state index in [4.69, 9.17) is 9.47 Å². The number of rotatable bonds is 10. The normalized spacial score (nSPS) is 16.9. The fourth-order valence-corrected chi connectivity index (χ4v) is 4.50. The topological polar surface area (TPSA) is 84.9 Å². The van der Waals surface area contributed by atoms with E-state index in [0.29, 0.717) is 17.1 Å². The Morgan fingerprint density at radius 3 is 2.00 bits per heavy atom. The average Bonchev–Trinajstić information content (AvgIpc) is 2.99. The first-order chi connectivity index (χ1) is 19.5. The number of para-hydroxylation sites is 1. The summed E-state index contributed by atoms with van der Waals surface area (Å²) in [4.78, 5) is 25.7. The summed E-state index contributed by atoms with van der Waals surface area (Å²) in [6, 6.07) is 35.3. The molecule has 2 atom stereocenters. The van der Waals surface area contributed by atoms with Crippen LogP contribution < -0.4 is 10.1 Å². The molecule has 40 heavy (non-hydrogen) atoms. The molecule has 200 valence electrons. The van der Waals surface area contributed by atoms with Crippen LogP contribution in [0.2, 0.25) is 0 Å². The van der Waals surface area contributed by atoms with Crippen molar-refractivity contribution >= 4 is 17.4 Å². The zero-order chi connectivity index (χ0) is 27.8. The molecule has 2 N–H and O–H groups in total. The second kappa shape index (κ2) is 12.3. The van der Waals surface area contributed by atoms with Crippen molar-refractivity contribution in [2.24, 2.45) is 0 Å². The molecular formula is C34H29NO5. The van der Waals surface area contributed by atoms with Gasteiger partial charge in [-0.3, -0.25) is 4.79 Å². The monoisotopic (exact) mass is 531 g/mol. The van der Waals surface area contributed by atoms with Crippen molar-refractivity contribution in [1.82, 2.24) is 5.32 Å². The molecule has 5 rings (SSSR count). The molecule has 0 bridgehead atoms. The predicted octanol–water partition coefficient (Wildman–Crippen LogP) is 6.66. The second-order valence-electron chi connectivity index (χ2n) is 9.48. The molecule has 0 spiro atoms. The molecule has 2 unspecified atom stereocenters. The molecule has 4 aromatic rings. The number of hydrogen-bond acceptors (Lipinski definition) is 4. The third kappa shape index (κ3) is 6.73. The van der Waals surface area contributed by atoms with Crippen LogP contribution in [0.15, 0.2) is 133 Å². The van der Waals surface area contributed by atoms with Gasteiger partial charge in [-0.1, -0.05) is 91.0 Å². The lowest BCUT2D eigenvalue weighted by atomic mass is 9.94. The highest BCUT2D eigenvalue weighted by Crippen LogP contribution is 2.30. The maximum Gasteiger partial charge on any atom is 0.333 e. The first-order valence-corrected chi connectivity index (χ1v) is 13.0. The van der Waals surface area contributed by atoms with Gasteiger partial charge in [0, 0.05) is 18.4 Å². The van der Waals surface area contributed by atoms with Crippen LogP contribution in [0.4, 0.5) is 0 Å². The zero-order valence-corrected chi connectivity index (χ0v) is 21.8. The summed E-state index contributed by atoms with van der Waals surface area (Å²) in [7, 11) is 0. The van der Waals surface area contributed by atoms with Crippen LogP contribution in [-0.2, 0) is 16.0 Å². The van der Waals surface area contributed by atoms with Crippen LogP contribution in [0.1, 0.15) is 27.9 Å². The van der Waals surface area contributed by atoms with Gasteiger partial charge in [0.2, 0.25) is 0 Å². The molecule has 0 aliphatic heterocycles. The smallest absolute Gasteiger partial charge is 0.333 e. The van der Waals surface area contributed by atoms with Crippen molar-refractivity contribution in [2.45, 2.75) is 24.7 Å². The van der Waals surface area contributed by atoms with E-state index >= 15 is 0 Å². The van der Waals surface area contributed by atoms with E-state index in [9.17, 15) is 14.7 Å². The van der Waals surface area contributed by atoms with Gasteiger partial charge in [-0.05, 0) is 59.2 Å². The molecule has 0 fully saturated rings. The van der Waals surface area contributed by atoms with Gasteiger partial charge in [0.25, 0.3) is 5.91 Å². The number of ether oxygens (including phenoxy) is 2. The maximum atomic E-state index is 13.4. The molecule has 1 aliphatic carbocycles. The minimum absolute atomic E-state index is 0.155. The Bertz CT molecular complexity index is 1500. The first-order valence-electron chi connectivity index (χ1n) is 13.0.